The molecule has 1 aliphatic heterocycles. The minimum absolute atomic E-state index is 0. The summed E-state index contributed by atoms with van der Waals surface area (Å²) in [5.74, 6) is 1.02. The van der Waals surface area contributed by atoms with Gasteiger partial charge in [0, 0.05) is 38.3 Å². The van der Waals surface area contributed by atoms with Gasteiger partial charge in [0.1, 0.15) is 0 Å². The minimum atomic E-state index is 0. The molecule has 3 rings (SSSR count). The summed E-state index contributed by atoms with van der Waals surface area (Å²) < 4.78 is 0. The van der Waals surface area contributed by atoms with E-state index in [1.54, 1.807) is 0 Å². The molecule has 1 amide bonds. The molecule has 0 bridgehead atoms. The maximum Gasteiger partial charge on any atom is 0.227 e. The molecule has 2 aromatic rings. The van der Waals surface area contributed by atoms with Gasteiger partial charge < -0.3 is 20.4 Å². The third-order valence-corrected chi connectivity index (χ3v) is 5.07. The van der Waals surface area contributed by atoms with Crippen LogP contribution in [0.25, 0.3) is 0 Å². The van der Waals surface area contributed by atoms with E-state index in [-0.39, 0.29) is 29.9 Å². The molecule has 1 fully saturated rings. The van der Waals surface area contributed by atoms with Crippen molar-refractivity contribution in [2.75, 3.05) is 32.1 Å². The van der Waals surface area contributed by atoms with Crippen molar-refractivity contribution in [1.29, 1.82) is 0 Å². The van der Waals surface area contributed by atoms with E-state index in [1.165, 1.54) is 11.1 Å². The van der Waals surface area contributed by atoms with Crippen LogP contribution >= 0.6 is 24.0 Å². The van der Waals surface area contributed by atoms with Gasteiger partial charge in [0.15, 0.2) is 5.96 Å². The van der Waals surface area contributed by atoms with Gasteiger partial charge in [0.25, 0.3) is 0 Å². The molecular formula is C24H34IN5O. The zero-order chi connectivity index (χ0) is 21.3. The number of benzene rings is 2. The van der Waals surface area contributed by atoms with E-state index in [2.05, 4.69) is 73.0 Å². The molecular weight excluding hydrogens is 501 g/mol. The molecule has 0 saturated carbocycles. The van der Waals surface area contributed by atoms with Crippen LogP contribution in [0.2, 0.25) is 0 Å². The molecule has 6 nitrogen and oxygen atoms in total. The van der Waals surface area contributed by atoms with Crippen molar-refractivity contribution in [3.05, 3.63) is 65.2 Å². The number of aliphatic imine (C=N–C) groups is 1. The van der Waals surface area contributed by atoms with Gasteiger partial charge in [-0.1, -0.05) is 36.4 Å². The highest BCUT2D eigenvalue weighted by Crippen LogP contribution is 2.21. The van der Waals surface area contributed by atoms with Gasteiger partial charge in [0.2, 0.25) is 5.91 Å². The second-order valence-corrected chi connectivity index (χ2v) is 7.92. The van der Waals surface area contributed by atoms with Crippen LogP contribution in [-0.4, -0.2) is 44.0 Å². The van der Waals surface area contributed by atoms with Gasteiger partial charge in [-0.2, -0.15) is 0 Å². The number of nitrogens with one attached hydrogen (secondary N) is 2. The SMILES string of the molecule is CCNC(=NCc1ccc(N2CCCC2=O)cc1)NCc1ccc(CN(C)C)cc1.I. The second kappa shape index (κ2) is 12.7. The van der Waals surface area contributed by atoms with Crippen molar-refractivity contribution >= 4 is 41.5 Å². The Hall–Kier alpha value is -2.13. The fraction of sp³-hybridized carbons (Fsp3) is 0.417. The molecule has 0 radical (unpaired) electrons. The molecule has 0 spiro atoms. The molecule has 1 heterocycles. The highest BCUT2D eigenvalue weighted by Gasteiger charge is 2.21. The first-order valence-corrected chi connectivity index (χ1v) is 10.7. The Kier molecular flexibility index (Phi) is 10.3. The van der Waals surface area contributed by atoms with Crippen LogP contribution in [-0.2, 0) is 24.4 Å². The molecule has 0 unspecified atom stereocenters. The van der Waals surface area contributed by atoms with Crippen LogP contribution in [0.15, 0.2) is 53.5 Å². The molecule has 7 heteroatoms. The van der Waals surface area contributed by atoms with Crippen molar-refractivity contribution in [2.24, 2.45) is 4.99 Å². The van der Waals surface area contributed by atoms with E-state index < -0.39 is 0 Å². The molecule has 0 aromatic heterocycles. The number of guanidine groups is 1. The first-order chi connectivity index (χ1) is 14.5. The van der Waals surface area contributed by atoms with Crippen LogP contribution in [0.3, 0.4) is 0 Å². The number of carbonyl (C=O) groups excluding carboxylic acids is 1. The molecule has 31 heavy (non-hydrogen) atoms. The summed E-state index contributed by atoms with van der Waals surface area (Å²) >= 11 is 0. The lowest BCUT2D eigenvalue weighted by atomic mass is 10.1. The second-order valence-electron chi connectivity index (χ2n) is 7.92. The number of amides is 1. The van der Waals surface area contributed by atoms with E-state index in [0.29, 0.717) is 13.0 Å². The van der Waals surface area contributed by atoms with E-state index >= 15 is 0 Å². The molecule has 2 aromatic carbocycles. The first kappa shape index (κ1) is 25.1. The quantitative estimate of drug-likeness (QED) is 0.307. The Balaban J connectivity index is 0.00000341. The third kappa shape index (κ3) is 7.81. The maximum absolute atomic E-state index is 11.9. The Morgan fingerprint density at radius 1 is 1.00 bits per heavy atom. The van der Waals surface area contributed by atoms with Crippen LogP contribution in [0.5, 0.6) is 0 Å². The standard InChI is InChI=1S/C24H33N5O.HI/c1-4-25-24(26-16-19-7-9-21(10-8-19)18-28(2)3)27-17-20-11-13-22(14-12-20)29-15-5-6-23(29)30;/h7-14H,4-6,15-18H2,1-3H3,(H2,25,26,27);1H. The van der Waals surface area contributed by atoms with Gasteiger partial charge in [-0.15, -0.1) is 24.0 Å². The zero-order valence-electron chi connectivity index (χ0n) is 18.7. The topological polar surface area (TPSA) is 60.0 Å². The first-order valence-electron chi connectivity index (χ1n) is 10.7. The van der Waals surface area contributed by atoms with Gasteiger partial charge in [-0.25, -0.2) is 4.99 Å². The molecule has 1 aliphatic rings. The minimum Gasteiger partial charge on any atom is -0.357 e. The summed E-state index contributed by atoms with van der Waals surface area (Å²) in [5, 5.41) is 6.71. The Morgan fingerprint density at radius 3 is 2.23 bits per heavy atom. The zero-order valence-corrected chi connectivity index (χ0v) is 21.1. The normalized spacial score (nSPS) is 14.0. The summed E-state index contributed by atoms with van der Waals surface area (Å²) in [6, 6.07) is 16.8. The van der Waals surface area contributed by atoms with Crippen molar-refractivity contribution in [1.82, 2.24) is 15.5 Å². The fourth-order valence-corrected chi connectivity index (χ4v) is 3.53. The molecule has 0 aliphatic carbocycles. The lowest BCUT2D eigenvalue weighted by Gasteiger charge is -2.16. The summed E-state index contributed by atoms with van der Waals surface area (Å²) in [6.07, 6.45) is 1.60. The fourth-order valence-electron chi connectivity index (χ4n) is 3.53. The average Bonchev–Trinajstić information content (AvgIpc) is 3.17. The van der Waals surface area contributed by atoms with E-state index in [4.69, 9.17) is 4.99 Å². The van der Waals surface area contributed by atoms with Gasteiger partial charge in [-0.05, 0) is 56.3 Å². The Morgan fingerprint density at radius 2 is 1.65 bits per heavy atom. The average molecular weight is 535 g/mol. The molecule has 0 atom stereocenters. The molecule has 2 N–H and O–H groups in total. The maximum atomic E-state index is 11.9. The number of halogens is 1. The third-order valence-electron chi connectivity index (χ3n) is 5.07. The lowest BCUT2D eigenvalue weighted by molar-refractivity contribution is -0.117. The highest BCUT2D eigenvalue weighted by atomic mass is 127. The summed E-state index contributed by atoms with van der Waals surface area (Å²) in [5.41, 5.74) is 4.63. The van der Waals surface area contributed by atoms with E-state index in [1.807, 2.05) is 17.0 Å². The number of anilines is 1. The number of carbonyl (C=O) groups is 1. The van der Waals surface area contributed by atoms with Crippen molar-refractivity contribution in [3.63, 3.8) is 0 Å². The molecule has 168 valence electrons. The van der Waals surface area contributed by atoms with Crippen LogP contribution in [0, 0.1) is 0 Å². The summed E-state index contributed by atoms with van der Waals surface area (Å²) in [4.78, 5) is 20.6. The predicted octanol–water partition coefficient (Wildman–Crippen LogP) is 3.75. The largest absolute Gasteiger partial charge is 0.357 e. The number of nitrogens with zero attached hydrogens (tertiary/aromatic N) is 3. The summed E-state index contributed by atoms with van der Waals surface area (Å²) in [6.45, 7) is 5.96. The lowest BCUT2D eigenvalue weighted by Crippen LogP contribution is -2.36. The Bertz CT molecular complexity index is 849. The van der Waals surface area contributed by atoms with Crippen LogP contribution < -0.4 is 15.5 Å². The smallest absolute Gasteiger partial charge is 0.227 e. The van der Waals surface area contributed by atoms with E-state index in [0.717, 1.165) is 49.8 Å². The van der Waals surface area contributed by atoms with Gasteiger partial charge >= 0.3 is 0 Å². The monoisotopic (exact) mass is 535 g/mol. The predicted molar refractivity (Wildman–Crippen MR) is 139 cm³/mol. The molecule has 1 saturated heterocycles. The number of hydrogen-bond donors (Lipinski definition) is 2. The van der Waals surface area contributed by atoms with Gasteiger partial charge in [0.05, 0.1) is 6.54 Å². The van der Waals surface area contributed by atoms with Crippen molar-refractivity contribution < 1.29 is 4.79 Å². The van der Waals surface area contributed by atoms with Crippen LogP contribution in [0.4, 0.5) is 5.69 Å². The van der Waals surface area contributed by atoms with E-state index in [9.17, 15) is 4.79 Å². The number of hydrogen-bond acceptors (Lipinski definition) is 3. The van der Waals surface area contributed by atoms with Crippen molar-refractivity contribution in [2.45, 2.75) is 39.4 Å². The Labute approximate surface area is 203 Å². The highest BCUT2D eigenvalue weighted by molar-refractivity contribution is 14.0. The van der Waals surface area contributed by atoms with Crippen LogP contribution in [0.1, 0.15) is 36.5 Å². The summed E-state index contributed by atoms with van der Waals surface area (Å²) in [7, 11) is 4.15. The number of rotatable bonds is 8. The van der Waals surface area contributed by atoms with Gasteiger partial charge in [-0.3, -0.25) is 4.79 Å². The van der Waals surface area contributed by atoms with Crippen molar-refractivity contribution in [3.8, 4) is 0 Å².